The molecule has 0 spiro atoms. The van der Waals surface area contributed by atoms with Gasteiger partial charge in [0.25, 0.3) is 0 Å². The van der Waals surface area contributed by atoms with Crippen molar-refractivity contribution in [3.05, 3.63) is 59.2 Å². The fourth-order valence-electron chi connectivity index (χ4n) is 2.63. The molecule has 1 aliphatic rings. The predicted octanol–water partition coefficient (Wildman–Crippen LogP) is 3.09. The molecule has 1 aliphatic carbocycles. The summed E-state index contributed by atoms with van der Waals surface area (Å²) in [5, 5.41) is 0. The number of carbonyl (C=O) groups excluding carboxylic acids is 1. The van der Waals surface area contributed by atoms with Crippen molar-refractivity contribution in [2.75, 3.05) is 6.61 Å². The second-order valence-corrected chi connectivity index (χ2v) is 5.17. The van der Waals surface area contributed by atoms with Crippen LogP contribution in [0.15, 0.2) is 42.5 Å². The van der Waals surface area contributed by atoms with Gasteiger partial charge in [0.1, 0.15) is 0 Å². The van der Waals surface area contributed by atoms with Crippen molar-refractivity contribution in [1.82, 2.24) is 9.55 Å². The van der Waals surface area contributed by atoms with Crippen LogP contribution < -0.4 is 0 Å². The molecule has 0 amide bonds. The molecule has 4 heteroatoms. The van der Waals surface area contributed by atoms with Crippen LogP contribution in [-0.4, -0.2) is 22.1 Å². The highest BCUT2D eigenvalue weighted by molar-refractivity contribution is 5.90. The largest absolute Gasteiger partial charge is 0.462 e. The average Bonchev–Trinajstić information content (AvgIpc) is 2.99. The first kappa shape index (κ1) is 13.6. The van der Waals surface area contributed by atoms with Crippen molar-refractivity contribution >= 4 is 12.0 Å². The summed E-state index contributed by atoms with van der Waals surface area (Å²) in [5.41, 5.74) is 4.39. The molecule has 3 rings (SSSR count). The smallest absolute Gasteiger partial charge is 0.338 e. The third-order valence-corrected chi connectivity index (χ3v) is 3.68. The van der Waals surface area contributed by atoms with Crippen molar-refractivity contribution in [3.63, 3.8) is 0 Å². The van der Waals surface area contributed by atoms with Crippen LogP contribution in [0.1, 0.15) is 34.8 Å². The monoisotopic (exact) mass is 282 g/mol. The van der Waals surface area contributed by atoms with Crippen molar-refractivity contribution in [1.29, 1.82) is 0 Å². The summed E-state index contributed by atoms with van der Waals surface area (Å²) >= 11 is 0. The van der Waals surface area contributed by atoms with E-state index in [0.29, 0.717) is 12.2 Å². The molecule has 0 aliphatic heterocycles. The lowest BCUT2D eigenvalue weighted by Crippen LogP contribution is -2.08. The molecule has 21 heavy (non-hydrogen) atoms. The van der Waals surface area contributed by atoms with E-state index in [1.807, 2.05) is 37.6 Å². The van der Waals surface area contributed by atoms with Crippen LogP contribution in [0.4, 0.5) is 0 Å². The van der Waals surface area contributed by atoms with Crippen LogP contribution in [0.2, 0.25) is 0 Å². The number of ether oxygens (including phenoxy) is 1. The topological polar surface area (TPSA) is 44.1 Å². The molecule has 0 radical (unpaired) electrons. The molecular weight excluding hydrogens is 264 g/mol. The number of rotatable bonds is 4. The lowest BCUT2D eigenvalue weighted by Gasteiger charge is -2.17. The number of hydrogen-bond donors (Lipinski definition) is 0. The normalized spacial score (nSPS) is 13.5. The summed E-state index contributed by atoms with van der Waals surface area (Å²) in [5.74, 6) is -0.254. The van der Waals surface area contributed by atoms with E-state index in [-0.39, 0.29) is 5.97 Å². The molecule has 0 unspecified atom stereocenters. The van der Waals surface area contributed by atoms with E-state index < -0.39 is 0 Å². The summed E-state index contributed by atoms with van der Waals surface area (Å²) in [6, 6.07) is 5.82. The number of esters is 1. The SMILES string of the molecule is CCOC(=O)c1ccc2c(c1)C=C(Cn1ccnc1)CC2. The fourth-order valence-corrected chi connectivity index (χ4v) is 2.63. The molecule has 2 aromatic rings. The zero-order valence-electron chi connectivity index (χ0n) is 12.1. The second kappa shape index (κ2) is 5.95. The van der Waals surface area contributed by atoms with Crippen LogP contribution >= 0.6 is 0 Å². The molecule has 1 heterocycles. The minimum Gasteiger partial charge on any atom is -0.462 e. The van der Waals surface area contributed by atoms with Crippen molar-refractivity contribution < 1.29 is 9.53 Å². The maximum atomic E-state index is 11.8. The van der Waals surface area contributed by atoms with Gasteiger partial charge < -0.3 is 9.30 Å². The Bertz CT molecular complexity index is 672. The summed E-state index contributed by atoms with van der Waals surface area (Å²) in [6.45, 7) is 3.07. The van der Waals surface area contributed by atoms with E-state index in [4.69, 9.17) is 4.74 Å². The van der Waals surface area contributed by atoms with E-state index in [9.17, 15) is 4.79 Å². The van der Waals surface area contributed by atoms with Gasteiger partial charge in [-0.3, -0.25) is 0 Å². The van der Waals surface area contributed by atoms with Crippen molar-refractivity contribution in [2.45, 2.75) is 26.3 Å². The van der Waals surface area contributed by atoms with Crippen molar-refractivity contribution in [3.8, 4) is 0 Å². The highest BCUT2D eigenvalue weighted by Gasteiger charge is 2.14. The third-order valence-electron chi connectivity index (χ3n) is 3.68. The van der Waals surface area contributed by atoms with Gasteiger partial charge in [-0.2, -0.15) is 0 Å². The average molecular weight is 282 g/mol. The minimum absolute atomic E-state index is 0.254. The Kier molecular flexibility index (Phi) is 3.86. The molecule has 108 valence electrons. The van der Waals surface area contributed by atoms with Gasteiger partial charge in [-0.05, 0) is 48.6 Å². The lowest BCUT2D eigenvalue weighted by atomic mass is 9.91. The number of aryl methyl sites for hydroxylation is 1. The number of nitrogens with zero attached hydrogens (tertiary/aromatic N) is 2. The highest BCUT2D eigenvalue weighted by atomic mass is 16.5. The Hall–Kier alpha value is -2.36. The van der Waals surface area contributed by atoms with E-state index in [0.717, 1.165) is 24.9 Å². The van der Waals surface area contributed by atoms with Gasteiger partial charge in [0.05, 0.1) is 18.5 Å². The van der Waals surface area contributed by atoms with Gasteiger partial charge in [0.15, 0.2) is 0 Å². The molecule has 1 aromatic carbocycles. The molecule has 0 saturated heterocycles. The molecular formula is C17H18N2O2. The molecule has 0 atom stereocenters. The lowest BCUT2D eigenvalue weighted by molar-refractivity contribution is 0.0526. The number of aromatic nitrogens is 2. The molecule has 0 saturated carbocycles. The van der Waals surface area contributed by atoms with Crippen LogP contribution in [-0.2, 0) is 17.7 Å². The first-order chi connectivity index (χ1) is 10.3. The van der Waals surface area contributed by atoms with Crippen LogP contribution in [0.25, 0.3) is 6.08 Å². The Labute approximate surface area is 124 Å². The van der Waals surface area contributed by atoms with Gasteiger partial charge in [-0.15, -0.1) is 0 Å². The zero-order chi connectivity index (χ0) is 14.7. The van der Waals surface area contributed by atoms with Crippen LogP contribution in [0.5, 0.6) is 0 Å². The molecule has 0 bridgehead atoms. The van der Waals surface area contributed by atoms with Gasteiger partial charge >= 0.3 is 5.97 Å². The van der Waals surface area contributed by atoms with Gasteiger partial charge in [0.2, 0.25) is 0 Å². The van der Waals surface area contributed by atoms with Gasteiger partial charge in [-0.1, -0.05) is 12.1 Å². The number of fused-ring (bicyclic) bond motifs is 1. The second-order valence-electron chi connectivity index (χ2n) is 5.17. The predicted molar refractivity (Wildman–Crippen MR) is 80.9 cm³/mol. The first-order valence-corrected chi connectivity index (χ1v) is 7.21. The summed E-state index contributed by atoms with van der Waals surface area (Å²) < 4.78 is 7.12. The molecule has 0 N–H and O–H groups in total. The van der Waals surface area contributed by atoms with Gasteiger partial charge in [0, 0.05) is 18.9 Å². The standard InChI is InChI=1S/C17H18N2O2/c1-2-21-17(20)15-6-5-14-4-3-13(9-16(14)10-15)11-19-8-7-18-12-19/h5-10,12H,2-4,11H2,1H3. The highest BCUT2D eigenvalue weighted by Crippen LogP contribution is 2.26. The molecule has 1 aromatic heterocycles. The molecule has 4 nitrogen and oxygen atoms in total. The fraction of sp³-hybridized carbons (Fsp3) is 0.294. The number of benzene rings is 1. The first-order valence-electron chi connectivity index (χ1n) is 7.21. The van der Waals surface area contributed by atoms with Crippen molar-refractivity contribution in [2.24, 2.45) is 0 Å². The molecule has 0 fully saturated rings. The number of hydrogen-bond acceptors (Lipinski definition) is 3. The van der Waals surface area contributed by atoms with E-state index in [1.54, 1.807) is 6.20 Å². The quantitative estimate of drug-likeness (QED) is 0.809. The Morgan fingerprint density at radius 2 is 2.29 bits per heavy atom. The van der Waals surface area contributed by atoms with Crippen LogP contribution in [0.3, 0.4) is 0 Å². The number of allylic oxidation sites excluding steroid dienone is 1. The van der Waals surface area contributed by atoms with E-state index >= 15 is 0 Å². The minimum atomic E-state index is -0.254. The summed E-state index contributed by atoms with van der Waals surface area (Å²) in [7, 11) is 0. The maximum absolute atomic E-state index is 11.8. The Morgan fingerprint density at radius 3 is 3.05 bits per heavy atom. The number of imidazole rings is 1. The maximum Gasteiger partial charge on any atom is 0.338 e. The number of carbonyl (C=O) groups is 1. The zero-order valence-corrected chi connectivity index (χ0v) is 12.1. The Morgan fingerprint density at radius 1 is 1.38 bits per heavy atom. The van der Waals surface area contributed by atoms with E-state index in [1.165, 1.54) is 11.1 Å². The summed E-state index contributed by atoms with van der Waals surface area (Å²) in [6.07, 6.45) is 9.82. The van der Waals surface area contributed by atoms with Gasteiger partial charge in [-0.25, -0.2) is 9.78 Å². The Balaban J connectivity index is 1.84. The van der Waals surface area contributed by atoms with E-state index in [2.05, 4.69) is 15.6 Å². The van der Waals surface area contributed by atoms with Crippen LogP contribution in [0, 0.1) is 0 Å². The summed E-state index contributed by atoms with van der Waals surface area (Å²) in [4.78, 5) is 15.9. The third kappa shape index (κ3) is 3.05.